The van der Waals surface area contributed by atoms with Gasteiger partial charge in [0.2, 0.25) is 10.0 Å². The molecule has 2 rings (SSSR count). The van der Waals surface area contributed by atoms with Crippen molar-refractivity contribution in [2.75, 3.05) is 17.1 Å². The molecule has 2 aromatic rings. The van der Waals surface area contributed by atoms with Crippen molar-refractivity contribution in [1.29, 1.82) is 0 Å². The summed E-state index contributed by atoms with van der Waals surface area (Å²) in [6.07, 6.45) is 2.60. The standard InChI is InChI=1S/C19H23N3O3S/c1-16(13-14-17-9-5-3-6-10-17)20-21-19(23)15-22(26(2,24)25)18-11-7-4-8-12-18/h3-12H,13-15H2,1-2H3,(H,21,23)/b20-16-. The van der Waals surface area contributed by atoms with E-state index in [9.17, 15) is 13.2 Å². The number of hydrazone groups is 1. The lowest BCUT2D eigenvalue weighted by Crippen LogP contribution is -2.39. The first-order chi connectivity index (χ1) is 12.4. The second-order valence-corrected chi connectivity index (χ2v) is 7.88. The Bertz CT molecular complexity index is 850. The number of carbonyl (C=O) groups excluding carboxylic acids is 1. The molecule has 1 amide bonds. The van der Waals surface area contributed by atoms with Crippen LogP contribution in [-0.2, 0) is 21.2 Å². The van der Waals surface area contributed by atoms with E-state index < -0.39 is 15.9 Å². The molecule has 26 heavy (non-hydrogen) atoms. The molecule has 0 unspecified atom stereocenters. The predicted octanol–water partition coefficient (Wildman–Crippen LogP) is 2.58. The van der Waals surface area contributed by atoms with Crippen molar-refractivity contribution in [3.05, 3.63) is 66.2 Å². The lowest BCUT2D eigenvalue weighted by atomic mass is 10.1. The van der Waals surface area contributed by atoms with Crippen LogP contribution in [0, 0.1) is 0 Å². The molecule has 0 spiro atoms. The average molecular weight is 373 g/mol. The Morgan fingerprint density at radius 2 is 1.62 bits per heavy atom. The zero-order valence-corrected chi connectivity index (χ0v) is 15.7. The Hall–Kier alpha value is -2.67. The van der Waals surface area contributed by atoms with Gasteiger partial charge in [0.1, 0.15) is 6.54 Å². The highest BCUT2D eigenvalue weighted by atomic mass is 32.2. The van der Waals surface area contributed by atoms with Crippen LogP contribution < -0.4 is 9.73 Å². The van der Waals surface area contributed by atoms with Gasteiger partial charge < -0.3 is 0 Å². The Balaban J connectivity index is 1.93. The minimum absolute atomic E-state index is 0.321. The van der Waals surface area contributed by atoms with Crippen molar-refractivity contribution in [3.63, 3.8) is 0 Å². The van der Waals surface area contributed by atoms with E-state index in [2.05, 4.69) is 10.5 Å². The molecule has 1 N–H and O–H groups in total. The van der Waals surface area contributed by atoms with Gasteiger partial charge in [0.25, 0.3) is 5.91 Å². The second-order valence-electron chi connectivity index (χ2n) is 5.97. The summed E-state index contributed by atoms with van der Waals surface area (Å²) in [4.78, 5) is 12.1. The third-order valence-electron chi connectivity index (χ3n) is 3.72. The molecule has 0 saturated heterocycles. The van der Waals surface area contributed by atoms with E-state index in [0.29, 0.717) is 12.1 Å². The topological polar surface area (TPSA) is 78.8 Å². The van der Waals surface area contributed by atoms with Crippen LogP contribution in [0.3, 0.4) is 0 Å². The zero-order valence-electron chi connectivity index (χ0n) is 14.9. The number of aryl methyl sites for hydroxylation is 1. The molecule has 0 aliphatic rings. The molecule has 0 radical (unpaired) electrons. The molecular weight excluding hydrogens is 350 g/mol. The SMILES string of the molecule is C/C(CCc1ccccc1)=N/NC(=O)CN(c1ccccc1)S(C)(=O)=O. The van der Waals surface area contributed by atoms with Crippen molar-refractivity contribution in [3.8, 4) is 0 Å². The summed E-state index contributed by atoms with van der Waals surface area (Å²) < 4.78 is 25.0. The number of para-hydroxylation sites is 1. The normalized spacial score (nSPS) is 11.8. The largest absolute Gasteiger partial charge is 0.271 e. The summed E-state index contributed by atoms with van der Waals surface area (Å²) in [6.45, 7) is 1.51. The highest BCUT2D eigenvalue weighted by molar-refractivity contribution is 7.92. The number of benzene rings is 2. The van der Waals surface area contributed by atoms with Gasteiger partial charge in [-0.25, -0.2) is 13.8 Å². The maximum absolute atomic E-state index is 12.1. The number of anilines is 1. The van der Waals surface area contributed by atoms with E-state index in [1.54, 1.807) is 30.3 Å². The molecule has 0 fully saturated rings. The molecule has 138 valence electrons. The van der Waals surface area contributed by atoms with E-state index in [-0.39, 0.29) is 6.54 Å². The number of amides is 1. The van der Waals surface area contributed by atoms with Gasteiger partial charge in [-0.05, 0) is 37.5 Å². The van der Waals surface area contributed by atoms with Gasteiger partial charge in [0.05, 0.1) is 11.9 Å². The van der Waals surface area contributed by atoms with Gasteiger partial charge >= 0.3 is 0 Å². The zero-order chi connectivity index (χ0) is 19.0. The molecule has 0 aliphatic carbocycles. The third kappa shape index (κ3) is 6.33. The number of nitrogens with zero attached hydrogens (tertiary/aromatic N) is 2. The lowest BCUT2D eigenvalue weighted by Gasteiger charge is -2.21. The van der Waals surface area contributed by atoms with Gasteiger partial charge in [-0.3, -0.25) is 9.10 Å². The molecule has 0 heterocycles. The maximum Gasteiger partial charge on any atom is 0.260 e. The molecule has 0 atom stereocenters. The molecule has 0 saturated carbocycles. The van der Waals surface area contributed by atoms with Crippen molar-refractivity contribution >= 4 is 27.3 Å². The number of nitrogens with one attached hydrogen (secondary N) is 1. The van der Waals surface area contributed by atoms with Crippen LogP contribution in [0.25, 0.3) is 0 Å². The van der Waals surface area contributed by atoms with Gasteiger partial charge in [0, 0.05) is 5.71 Å². The molecule has 0 aromatic heterocycles. The smallest absolute Gasteiger partial charge is 0.260 e. The van der Waals surface area contributed by atoms with E-state index >= 15 is 0 Å². The summed E-state index contributed by atoms with van der Waals surface area (Å²) in [6, 6.07) is 18.5. The quantitative estimate of drug-likeness (QED) is 0.571. The predicted molar refractivity (Wildman–Crippen MR) is 105 cm³/mol. The first kappa shape index (κ1) is 19.7. The number of rotatable bonds is 8. The summed E-state index contributed by atoms with van der Waals surface area (Å²) in [7, 11) is -3.57. The molecule has 0 aliphatic heterocycles. The van der Waals surface area contributed by atoms with Crippen molar-refractivity contribution in [1.82, 2.24) is 5.43 Å². The summed E-state index contributed by atoms with van der Waals surface area (Å²) >= 11 is 0. The Morgan fingerprint density at radius 3 is 2.19 bits per heavy atom. The van der Waals surface area contributed by atoms with Gasteiger partial charge in [-0.1, -0.05) is 48.5 Å². The van der Waals surface area contributed by atoms with Crippen LogP contribution in [-0.4, -0.2) is 32.8 Å². The van der Waals surface area contributed by atoms with Gasteiger partial charge in [-0.15, -0.1) is 0 Å². The summed E-state index contributed by atoms with van der Waals surface area (Å²) in [5.41, 5.74) is 4.84. The minimum Gasteiger partial charge on any atom is -0.271 e. The summed E-state index contributed by atoms with van der Waals surface area (Å²) in [5, 5.41) is 4.06. The Labute approximate surface area is 154 Å². The van der Waals surface area contributed by atoms with Crippen LogP contribution in [0.15, 0.2) is 65.8 Å². The average Bonchev–Trinajstić information content (AvgIpc) is 2.63. The van der Waals surface area contributed by atoms with Crippen molar-refractivity contribution in [2.24, 2.45) is 5.10 Å². The monoisotopic (exact) mass is 373 g/mol. The van der Waals surface area contributed by atoms with Crippen LogP contribution in [0.4, 0.5) is 5.69 Å². The Morgan fingerprint density at radius 1 is 1.04 bits per heavy atom. The number of sulfonamides is 1. The van der Waals surface area contributed by atoms with Crippen LogP contribution in [0.1, 0.15) is 18.9 Å². The highest BCUT2D eigenvalue weighted by Gasteiger charge is 2.20. The van der Waals surface area contributed by atoms with Gasteiger partial charge in [0.15, 0.2) is 0 Å². The van der Waals surface area contributed by atoms with Gasteiger partial charge in [-0.2, -0.15) is 5.10 Å². The molecule has 0 bridgehead atoms. The molecule has 2 aromatic carbocycles. The number of hydrogen-bond acceptors (Lipinski definition) is 4. The fraction of sp³-hybridized carbons (Fsp3) is 0.263. The number of hydrogen-bond donors (Lipinski definition) is 1. The van der Waals surface area contributed by atoms with E-state index in [1.807, 2.05) is 37.3 Å². The van der Waals surface area contributed by atoms with E-state index in [4.69, 9.17) is 0 Å². The second kappa shape index (κ2) is 9.15. The first-order valence-electron chi connectivity index (χ1n) is 8.25. The summed E-state index contributed by atoms with van der Waals surface area (Å²) in [5.74, 6) is -0.488. The van der Waals surface area contributed by atoms with E-state index in [0.717, 1.165) is 22.7 Å². The van der Waals surface area contributed by atoms with Crippen molar-refractivity contribution in [2.45, 2.75) is 19.8 Å². The highest BCUT2D eigenvalue weighted by Crippen LogP contribution is 2.16. The van der Waals surface area contributed by atoms with Crippen LogP contribution in [0.2, 0.25) is 0 Å². The number of carbonyl (C=O) groups is 1. The molecule has 7 heteroatoms. The third-order valence-corrected chi connectivity index (χ3v) is 4.86. The fourth-order valence-electron chi connectivity index (χ4n) is 2.34. The van der Waals surface area contributed by atoms with Crippen LogP contribution in [0.5, 0.6) is 0 Å². The fourth-order valence-corrected chi connectivity index (χ4v) is 3.20. The van der Waals surface area contributed by atoms with E-state index in [1.165, 1.54) is 5.56 Å². The molecule has 6 nitrogen and oxygen atoms in total. The minimum atomic E-state index is -3.57. The van der Waals surface area contributed by atoms with Crippen molar-refractivity contribution < 1.29 is 13.2 Å². The Kier molecular flexibility index (Phi) is 6.91. The maximum atomic E-state index is 12.1. The lowest BCUT2D eigenvalue weighted by molar-refractivity contribution is -0.119. The first-order valence-corrected chi connectivity index (χ1v) is 10.1. The van der Waals surface area contributed by atoms with Crippen LogP contribution >= 0.6 is 0 Å². The molecular formula is C19H23N3O3S.